The molecule has 0 aliphatic rings. The summed E-state index contributed by atoms with van der Waals surface area (Å²) < 4.78 is 1.72. The molecule has 0 aliphatic carbocycles. The van der Waals surface area contributed by atoms with Gasteiger partial charge in [0.15, 0.2) is 5.82 Å². The minimum atomic E-state index is -0.132. The van der Waals surface area contributed by atoms with E-state index in [9.17, 15) is 0 Å². The van der Waals surface area contributed by atoms with Crippen LogP contribution in [0.3, 0.4) is 0 Å². The van der Waals surface area contributed by atoms with Gasteiger partial charge in [-0.1, -0.05) is 0 Å². The third-order valence-corrected chi connectivity index (χ3v) is 1.88. The third kappa shape index (κ3) is 1.62. The molecule has 0 aromatic carbocycles. The van der Waals surface area contributed by atoms with E-state index in [0.717, 1.165) is 11.1 Å². The average Bonchev–Trinajstić information content (AvgIpc) is 2.65. The second-order valence-electron chi connectivity index (χ2n) is 2.95. The molecule has 2 aromatic heterocycles. The maximum atomic E-state index is 8.76. The number of nitrogens with zero attached hydrogens (tertiary/aromatic N) is 4. The fraction of sp³-hybridized carbons (Fsp3) is 0.222. The van der Waals surface area contributed by atoms with Crippen molar-refractivity contribution in [3.05, 3.63) is 30.6 Å². The molecular formula is C9H10N4O. The summed E-state index contributed by atoms with van der Waals surface area (Å²) in [5.74, 6) is 0.428. The lowest BCUT2D eigenvalue weighted by molar-refractivity contribution is 0.271. The van der Waals surface area contributed by atoms with Crippen molar-refractivity contribution in [2.45, 2.75) is 6.61 Å². The van der Waals surface area contributed by atoms with Gasteiger partial charge in [-0.2, -0.15) is 5.10 Å². The van der Waals surface area contributed by atoms with Gasteiger partial charge in [-0.3, -0.25) is 4.68 Å². The predicted molar refractivity (Wildman–Crippen MR) is 50.2 cm³/mol. The predicted octanol–water partition coefficient (Wildman–Crippen LogP) is 0.369. The summed E-state index contributed by atoms with van der Waals surface area (Å²) in [5, 5.41) is 12.8. The van der Waals surface area contributed by atoms with E-state index in [1.54, 1.807) is 23.3 Å². The Balaban J connectivity index is 2.33. The quantitative estimate of drug-likeness (QED) is 0.743. The van der Waals surface area contributed by atoms with E-state index in [2.05, 4.69) is 15.1 Å². The van der Waals surface area contributed by atoms with Gasteiger partial charge in [0, 0.05) is 36.8 Å². The van der Waals surface area contributed by atoms with Gasteiger partial charge in [0.25, 0.3) is 0 Å². The van der Waals surface area contributed by atoms with Gasteiger partial charge < -0.3 is 5.11 Å². The molecule has 0 spiro atoms. The zero-order valence-electron chi connectivity index (χ0n) is 7.75. The maximum absolute atomic E-state index is 8.76. The highest BCUT2D eigenvalue weighted by Gasteiger charge is 2.01. The van der Waals surface area contributed by atoms with Crippen LogP contribution in [0.5, 0.6) is 0 Å². The molecule has 0 fully saturated rings. The van der Waals surface area contributed by atoms with E-state index in [0.29, 0.717) is 5.82 Å². The first kappa shape index (κ1) is 8.83. The van der Waals surface area contributed by atoms with Gasteiger partial charge in [-0.05, 0) is 0 Å². The summed E-state index contributed by atoms with van der Waals surface area (Å²) in [6.45, 7) is -0.132. The normalized spacial score (nSPS) is 10.4. The summed E-state index contributed by atoms with van der Waals surface area (Å²) in [5.41, 5.74) is 1.87. The van der Waals surface area contributed by atoms with E-state index in [1.807, 2.05) is 13.2 Å². The number of rotatable bonds is 2. The van der Waals surface area contributed by atoms with Crippen LogP contribution < -0.4 is 0 Å². The Hall–Kier alpha value is -1.75. The zero-order valence-corrected chi connectivity index (χ0v) is 7.75. The molecule has 0 saturated heterocycles. The Kier molecular flexibility index (Phi) is 2.24. The van der Waals surface area contributed by atoms with Crippen LogP contribution in [0.2, 0.25) is 0 Å². The molecular weight excluding hydrogens is 180 g/mol. The third-order valence-electron chi connectivity index (χ3n) is 1.88. The summed E-state index contributed by atoms with van der Waals surface area (Å²) >= 11 is 0. The molecule has 5 nitrogen and oxygen atoms in total. The molecule has 2 aromatic rings. The fourth-order valence-corrected chi connectivity index (χ4v) is 1.16. The van der Waals surface area contributed by atoms with Gasteiger partial charge in [0.1, 0.15) is 6.61 Å². The largest absolute Gasteiger partial charge is 0.388 e. The molecule has 0 bridgehead atoms. The molecule has 0 amide bonds. The van der Waals surface area contributed by atoms with E-state index in [1.165, 1.54) is 0 Å². The van der Waals surface area contributed by atoms with Crippen LogP contribution in [0.4, 0.5) is 0 Å². The highest BCUT2D eigenvalue weighted by molar-refractivity contribution is 5.59. The van der Waals surface area contributed by atoms with E-state index >= 15 is 0 Å². The first-order chi connectivity index (χ1) is 6.79. The number of aliphatic hydroxyl groups excluding tert-OH is 1. The van der Waals surface area contributed by atoms with Crippen LogP contribution in [-0.2, 0) is 13.7 Å². The van der Waals surface area contributed by atoms with Crippen molar-refractivity contribution in [1.29, 1.82) is 0 Å². The molecule has 2 rings (SSSR count). The number of aliphatic hydroxyl groups is 1. The van der Waals surface area contributed by atoms with Crippen LogP contribution in [0.15, 0.2) is 24.8 Å². The van der Waals surface area contributed by atoms with Crippen molar-refractivity contribution in [3.8, 4) is 11.1 Å². The molecule has 1 N–H and O–H groups in total. The summed E-state index contributed by atoms with van der Waals surface area (Å²) in [4.78, 5) is 7.97. The molecule has 14 heavy (non-hydrogen) atoms. The summed E-state index contributed by atoms with van der Waals surface area (Å²) in [6, 6.07) is 0. The Morgan fingerprint density at radius 2 is 1.93 bits per heavy atom. The molecule has 0 aliphatic heterocycles. The number of hydrogen-bond acceptors (Lipinski definition) is 4. The lowest BCUT2D eigenvalue weighted by Crippen LogP contribution is -1.93. The molecule has 5 heteroatoms. The van der Waals surface area contributed by atoms with Crippen LogP contribution >= 0.6 is 0 Å². The Morgan fingerprint density at radius 3 is 2.43 bits per heavy atom. The summed E-state index contributed by atoms with van der Waals surface area (Å²) in [6.07, 6.45) is 6.99. The molecule has 0 atom stereocenters. The lowest BCUT2D eigenvalue weighted by atomic mass is 10.2. The molecule has 2 heterocycles. The van der Waals surface area contributed by atoms with Crippen molar-refractivity contribution < 1.29 is 5.11 Å². The first-order valence-electron chi connectivity index (χ1n) is 4.20. The van der Waals surface area contributed by atoms with Gasteiger partial charge in [0.05, 0.1) is 6.20 Å². The SMILES string of the molecule is Cn1cc(-c2cnc(CO)nc2)cn1. The lowest BCUT2D eigenvalue weighted by Gasteiger charge is -1.96. The molecule has 0 radical (unpaired) electrons. The van der Waals surface area contributed by atoms with Crippen molar-refractivity contribution in [3.63, 3.8) is 0 Å². The van der Waals surface area contributed by atoms with Crippen molar-refractivity contribution in [1.82, 2.24) is 19.7 Å². The smallest absolute Gasteiger partial charge is 0.153 e. The highest BCUT2D eigenvalue weighted by Crippen LogP contribution is 2.15. The number of hydrogen-bond donors (Lipinski definition) is 1. The topological polar surface area (TPSA) is 63.8 Å². The second-order valence-corrected chi connectivity index (χ2v) is 2.95. The summed E-state index contributed by atoms with van der Waals surface area (Å²) in [7, 11) is 1.85. The van der Waals surface area contributed by atoms with E-state index < -0.39 is 0 Å². The Labute approximate surface area is 81.1 Å². The van der Waals surface area contributed by atoms with Crippen LogP contribution in [-0.4, -0.2) is 24.9 Å². The van der Waals surface area contributed by atoms with Gasteiger partial charge in [-0.15, -0.1) is 0 Å². The average molecular weight is 190 g/mol. The highest BCUT2D eigenvalue weighted by atomic mass is 16.3. The van der Waals surface area contributed by atoms with E-state index in [-0.39, 0.29) is 6.61 Å². The zero-order chi connectivity index (χ0) is 9.97. The van der Waals surface area contributed by atoms with Crippen molar-refractivity contribution >= 4 is 0 Å². The van der Waals surface area contributed by atoms with Gasteiger partial charge in [0.2, 0.25) is 0 Å². The number of aryl methyl sites for hydroxylation is 1. The van der Waals surface area contributed by atoms with Crippen LogP contribution in [0.1, 0.15) is 5.82 Å². The molecule has 72 valence electrons. The maximum Gasteiger partial charge on any atom is 0.153 e. The van der Waals surface area contributed by atoms with Crippen LogP contribution in [0, 0.1) is 0 Å². The minimum absolute atomic E-state index is 0.132. The van der Waals surface area contributed by atoms with E-state index in [4.69, 9.17) is 5.11 Å². The van der Waals surface area contributed by atoms with Crippen molar-refractivity contribution in [2.75, 3.05) is 0 Å². The monoisotopic (exact) mass is 190 g/mol. The molecule has 0 unspecified atom stereocenters. The fourth-order valence-electron chi connectivity index (χ4n) is 1.16. The number of aromatic nitrogens is 4. The van der Waals surface area contributed by atoms with Gasteiger partial charge >= 0.3 is 0 Å². The standard InChI is InChI=1S/C9H10N4O/c1-13-5-8(4-12-13)7-2-10-9(6-14)11-3-7/h2-5,14H,6H2,1H3. The second kappa shape index (κ2) is 3.55. The van der Waals surface area contributed by atoms with Gasteiger partial charge in [-0.25, -0.2) is 9.97 Å². The van der Waals surface area contributed by atoms with Crippen molar-refractivity contribution in [2.24, 2.45) is 7.05 Å². The minimum Gasteiger partial charge on any atom is -0.388 e. The molecule has 0 saturated carbocycles. The Morgan fingerprint density at radius 1 is 1.21 bits per heavy atom. The first-order valence-corrected chi connectivity index (χ1v) is 4.20. The van der Waals surface area contributed by atoms with Crippen LogP contribution in [0.25, 0.3) is 11.1 Å². The Bertz CT molecular complexity index is 421.